The third kappa shape index (κ3) is 8.20. The van der Waals surface area contributed by atoms with Gasteiger partial charge in [-0.1, -0.05) is 63.3 Å². The summed E-state index contributed by atoms with van der Waals surface area (Å²) in [5, 5.41) is 33.3. The Morgan fingerprint density at radius 3 is 2.49 bits per heavy atom. The van der Waals surface area contributed by atoms with Crippen LogP contribution in [0.2, 0.25) is 0 Å². The van der Waals surface area contributed by atoms with Gasteiger partial charge in [0.1, 0.15) is 19.0 Å². The Kier molecular flexibility index (Phi) is 12.3. The number of amides is 1. The van der Waals surface area contributed by atoms with Crippen LogP contribution in [0.1, 0.15) is 47.0 Å². The number of aliphatic hydroxyl groups is 2. The maximum Gasteiger partial charge on any atom is 0.328 e. The number of carbonyl (C=O) groups is 2. The second-order valence-electron chi connectivity index (χ2n) is 11.9. The highest BCUT2D eigenvalue weighted by Gasteiger charge is 2.57. The lowest BCUT2D eigenvalue weighted by Gasteiger charge is -2.54. The summed E-state index contributed by atoms with van der Waals surface area (Å²) in [7, 11) is 2.95. The van der Waals surface area contributed by atoms with Crippen molar-refractivity contribution in [1.82, 2.24) is 5.32 Å². The van der Waals surface area contributed by atoms with Gasteiger partial charge in [-0.25, -0.2) is 4.79 Å². The van der Waals surface area contributed by atoms with Crippen LogP contribution in [0.3, 0.4) is 0 Å². The van der Waals surface area contributed by atoms with Gasteiger partial charge in [0.15, 0.2) is 12.3 Å². The Morgan fingerprint density at radius 2 is 1.86 bits per heavy atom. The smallest absolute Gasteiger partial charge is 0.328 e. The van der Waals surface area contributed by atoms with Crippen LogP contribution in [-0.4, -0.2) is 103 Å². The molecule has 4 N–H and O–H groups in total. The quantitative estimate of drug-likeness (QED) is 0.146. The fourth-order valence-electron chi connectivity index (χ4n) is 5.84. The van der Waals surface area contributed by atoms with Crippen molar-refractivity contribution >= 4 is 11.9 Å². The van der Waals surface area contributed by atoms with E-state index in [1.807, 2.05) is 27.7 Å². The summed E-state index contributed by atoms with van der Waals surface area (Å²) in [5.74, 6) is -3.37. The van der Waals surface area contributed by atoms with E-state index in [1.165, 1.54) is 13.2 Å². The molecule has 1 amide bonds. The standard InChI is InChI=1S/C31H47NO11/c1-18-16-31(39-7,43-20(3)19(18)2)26(36)28(37)32-29-25-24(40-17-41-29)27(38-6)30(4,5)22(42-25)15-21(33)13-11-9-8-10-12-14-23(34)35/h8,10-14,19-22,24-27,29,33,36H,1,9,15-17H2,2-7H3,(H,32,37)(H,34,35)/b10-8+,13-11+,14-12+/t19-,20-,21-,22-,24+,25+,26-,27-,29+,31-/m1/s1. The molecule has 3 heterocycles. The molecule has 43 heavy (non-hydrogen) atoms. The van der Waals surface area contributed by atoms with Gasteiger partial charge in [-0.15, -0.1) is 0 Å². The first-order valence-electron chi connectivity index (χ1n) is 14.5. The van der Waals surface area contributed by atoms with E-state index in [1.54, 1.807) is 31.4 Å². The highest BCUT2D eigenvalue weighted by atomic mass is 16.7. The summed E-state index contributed by atoms with van der Waals surface area (Å²) >= 11 is 0. The van der Waals surface area contributed by atoms with Crippen LogP contribution in [0.4, 0.5) is 0 Å². The molecule has 0 spiro atoms. The van der Waals surface area contributed by atoms with E-state index >= 15 is 0 Å². The van der Waals surface area contributed by atoms with Gasteiger partial charge >= 0.3 is 5.97 Å². The minimum atomic E-state index is -1.69. The van der Waals surface area contributed by atoms with Gasteiger partial charge in [0.25, 0.3) is 5.91 Å². The average molecular weight is 610 g/mol. The number of carbonyl (C=O) groups excluding carboxylic acids is 1. The van der Waals surface area contributed by atoms with Gasteiger partial charge in [0.05, 0.1) is 24.4 Å². The first-order chi connectivity index (χ1) is 20.3. The summed E-state index contributed by atoms with van der Waals surface area (Å²) in [4.78, 5) is 23.9. The van der Waals surface area contributed by atoms with Gasteiger partial charge in [-0.3, -0.25) is 4.79 Å². The predicted octanol–water partition coefficient (Wildman–Crippen LogP) is 2.21. The number of hydrogen-bond acceptors (Lipinski definition) is 10. The zero-order valence-electron chi connectivity index (χ0n) is 25.8. The van der Waals surface area contributed by atoms with Crippen LogP contribution < -0.4 is 5.32 Å². The number of aliphatic carboxylic acids is 1. The summed E-state index contributed by atoms with van der Waals surface area (Å²) in [6, 6.07) is 0. The van der Waals surface area contributed by atoms with Gasteiger partial charge in [-0.2, -0.15) is 0 Å². The zero-order chi connectivity index (χ0) is 31.9. The van der Waals surface area contributed by atoms with E-state index in [0.29, 0.717) is 6.42 Å². The van der Waals surface area contributed by atoms with Crippen molar-refractivity contribution in [3.05, 3.63) is 48.6 Å². The highest BCUT2D eigenvalue weighted by molar-refractivity contribution is 5.82. The van der Waals surface area contributed by atoms with Gasteiger partial charge in [-0.05, 0) is 13.3 Å². The number of hydrogen-bond donors (Lipinski definition) is 4. The molecule has 3 aliphatic rings. The van der Waals surface area contributed by atoms with Crippen LogP contribution >= 0.6 is 0 Å². The van der Waals surface area contributed by atoms with E-state index in [-0.39, 0.29) is 31.7 Å². The molecule has 0 saturated carbocycles. The summed E-state index contributed by atoms with van der Waals surface area (Å²) < 4.78 is 35.5. The predicted molar refractivity (Wildman–Crippen MR) is 156 cm³/mol. The monoisotopic (exact) mass is 609 g/mol. The number of carboxylic acid groups (broad SMARTS) is 1. The molecule has 10 atom stereocenters. The molecule has 0 bridgehead atoms. The van der Waals surface area contributed by atoms with Crippen molar-refractivity contribution in [2.45, 2.75) is 102 Å². The topological polar surface area (TPSA) is 162 Å². The molecule has 3 rings (SSSR count). The van der Waals surface area contributed by atoms with E-state index < -0.39 is 65.9 Å². The van der Waals surface area contributed by atoms with Gasteiger partial charge < -0.3 is 49.1 Å². The Labute approximate surface area is 253 Å². The van der Waals surface area contributed by atoms with Crippen molar-refractivity contribution in [3.63, 3.8) is 0 Å². The minimum Gasteiger partial charge on any atom is -0.478 e. The molecule has 242 valence electrons. The lowest BCUT2D eigenvalue weighted by molar-refractivity contribution is -0.332. The average Bonchev–Trinajstić information content (AvgIpc) is 2.95. The number of carboxylic acids is 1. The van der Waals surface area contributed by atoms with E-state index in [0.717, 1.165) is 11.6 Å². The fraction of sp³-hybridized carbons (Fsp3) is 0.677. The first kappa shape index (κ1) is 35.1. The third-order valence-corrected chi connectivity index (χ3v) is 8.64. The molecular formula is C31H47NO11. The fourth-order valence-corrected chi connectivity index (χ4v) is 5.84. The van der Waals surface area contributed by atoms with Crippen molar-refractivity contribution in [1.29, 1.82) is 0 Å². The molecule has 0 unspecified atom stereocenters. The van der Waals surface area contributed by atoms with Crippen LogP contribution in [0.5, 0.6) is 0 Å². The van der Waals surface area contributed by atoms with Crippen LogP contribution in [0, 0.1) is 11.3 Å². The number of aliphatic hydroxyl groups excluding tert-OH is 2. The normalized spacial score (nSPS) is 36.1. The summed E-state index contributed by atoms with van der Waals surface area (Å²) in [6.45, 7) is 11.7. The lowest BCUT2D eigenvalue weighted by atomic mass is 9.72. The molecule has 0 aromatic carbocycles. The number of fused-ring (bicyclic) bond motifs is 1. The van der Waals surface area contributed by atoms with Crippen molar-refractivity contribution in [2.75, 3.05) is 21.0 Å². The molecule has 0 aliphatic carbocycles. The zero-order valence-corrected chi connectivity index (χ0v) is 25.8. The van der Waals surface area contributed by atoms with Gasteiger partial charge in [0, 0.05) is 44.5 Å². The van der Waals surface area contributed by atoms with Crippen LogP contribution in [0.15, 0.2) is 48.6 Å². The molecule has 3 saturated heterocycles. The highest BCUT2D eigenvalue weighted by Crippen LogP contribution is 2.44. The second kappa shape index (κ2) is 15.0. The first-order valence-corrected chi connectivity index (χ1v) is 14.5. The Hall–Kier alpha value is -2.42. The molecular weight excluding hydrogens is 562 g/mol. The minimum absolute atomic E-state index is 0.0302. The second-order valence-corrected chi connectivity index (χ2v) is 11.9. The Morgan fingerprint density at radius 1 is 1.14 bits per heavy atom. The number of nitrogens with one attached hydrogen (secondary N) is 1. The molecule has 0 radical (unpaired) electrons. The molecule has 3 aliphatic heterocycles. The number of ether oxygens (including phenoxy) is 6. The number of methoxy groups -OCH3 is 2. The molecule has 3 fully saturated rings. The largest absolute Gasteiger partial charge is 0.478 e. The van der Waals surface area contributed by atoms with Crippen molar-refractivity contribution in [3.8, 4) is 0 Å². The van der Waals surface area contributed by atoms with Crippen molar-refractivity contribution in [2.24, 2.45) is 11.3 Å². The Balaban J connectivity index is 1.71. The van der Waals surface area contributed by atoms with Gasteiger partial charge in [0.2, 0.25) is 5.79 Å². The SMILES string of the molecule is C=C1C[C@](OC)([C@H](O)C(=O)N[C@H]2OCO[C@H]3[C@@H]2O[C@H](C[C@H](O)/C=C/C/C=C/C=C/C(=O)O)C(C)(C)[C@@H]3OC)O[C@H](C)[C@@H]1C. The molecule has 12 nitrogen and oxygen atoms in total. The molecule has 0 aromatic heterocycles. The molecule has 12 heteroatoms. The summed E-state index contributed by atoms with van der Waals surface area (Å²) in [5.41, 5.74) is 0.207. The molecule has 0 aromatic rings. The van der Waals surface area contributed by atoms with E-state index in [4.69, 9.17) is 33.5 Å². The third-order valence-electron chi connectivity index (χ3n) is 8.64. The lowest BCUT2D eigenvalue weighted by Crippen LogP contribution is -2.69. The van der Waals surface area contributed by atoms with E-state index in [2.05, 4.69) is 11.9 Å². The maximum absolute atomic E-state index is 13.4. The number of allylic oxidation sites excluding steroid dienone is 4. The number of rotatable bonds is 12. The van der Waals surface area contributed by atoms with Crippen LogP contribution in [-0.2, 0) is 38.0 Å². The van der Waals surface area contributed by atoms with E-state index in [9.17, 15) is 19.8 Å². The van der Waals surface area contributed by atoms with Crippen LogP contribution in [0.25, 0.3) is 0 Å². The maximum atomic E-state index is 13.4. The Bertz CT molecular complexity index is 1070. The summed E-state index contributed by atoms with van der Waals surface area (Å²) in [6.07, 6.45) is 3.81. The van der Waals surface area contributed by atoms with Crippen molar-refractivity contribution < 1.29 is 53.3 Å².